The summed E-state index contributed by atoms with van der Waals surface area (Å²) in [5.41, 5.74) is 2.23. The van der Waals surface area contributed by atoms with E-state index >= 15 is 0 Å². The lowest BCUT2D eigenvalue weighted by Crippen LogP contribution is -2.14. The van der Waals surface area contributed by atoms with Gasteiger partial charge in [-0.15, -0.1) is 0 Å². The summed E-state index contributed by atoms with van der Waals surface area (Å²) >= 11 is 0. The molecule has 3 rings (SSSR count). The van der Waals surface area contributed by atoms with Gasteiger partial charge in [-0.05, 0) is 43.3 Å². The van der Waals surface area contributed by atoms with Crippen LogP contribution in [0.3, 0.4) is 0 Å². The molecule has 0 aliphatic heterocycles. The number of carbonyl (C=O) groups excluding carboxylic acids is 1. The van der Waals surface area contributed by atoms with Crippen molar-refractivity contribution in [3.05, 3.63) is 72.1 Å². The Morgan fingerprint density at radius 1 is 1.11 bits per heavy atom. The molecule has 2 N–H and O–H groups in total. The Morgan fingerprint density at radius 2 is 1.81 bits per heavy atom. The molecule has 0 fully saturated rings. The predicted octanol–water partition coefficient (Wildman–Crippen LogP) is 3.74. The number of anilines is 3. The van der Waals surface area contributed by atoms with Gasteiger partial charge in [0.25, 0.3) is 5.91 Å². The molecule has 1 amide bonds. The van der Waals surface area contributed by atoms with Gasteiger partial charge >= 0.3 is 0 Å². The number of nitrogens with one attached hydrogen (secondary N) is 2. The normalized spacial score (nSPS) is 9.93. The van der Waals surface area contributed by atoms with E-state index in [1.165, 1.54) is 12.4 Å². The van der Waals surface area contributed by atoms with Gasteiger partial charge in [-0.3, -0.25) is 4.79 Å². The molecule has 0 saturated carbocycles. The van der Waals surface area contributed by atoms with Gasteiger partial charge in [0, 0.05) is 18.1 Å². The average Bonchev–Trinajstić information content (AvgIpc) is 2.71. The first-order valence-corrected chi connectivity index (χ1v) is 8.32. The SMILES string of the molecule is CCOc1ccccc1NC(=O)c1cnc(Nc2ccc(C#N)cc2)nc1. The summed E-state index contributed by atoms with van der Waals surface area (Å²) in [6, 6.07) is 16.2. The van der Waals surface area contributed by atoms with Gasteiger partial charge in [0.2, 0.25) is 5.95 Å². The molecule has 7 nitrogen and oxygen atoms in total. The van der Waals surface area contributed by atoms with Crippen LogP contribution in [0.5, 0.6) is 5.75 Å². The molecule has 0 spiro atoms. The van der Waals surface area contributed by atoms with Crippen molar-refractivity contribution in [2.24, 2.45) is 0 Å². The highest BCUT2D eigenvalue weighted by atomic mass is 16.5. The summed E-state index contributed by atoms with van der Waals surface area (Å²) in [5.74, 6) is 0.631. The van der Waals surface area contributed by atoms with Gasteiger partial charge in [-0.2, -0.15) is 5.26 Å². The highest BCUT2D eigenvalue weighted by molar-refractivity contribution is 6.04. The third-order valence-electron chi connectivity index (χ3n) is 3.62. The molecule has 0 aliphatic rings. The Hall–Kier alpha value is -3.92. The van der Waals surface area contributed by atoms with E-state index in [0.29, 0.717) is 35.1 Å². The van der Waals surface area contributed by atoms with Gasteiger partial charge < -0.3 is 15.4 Å². The smallest absolute Gasteiger partial charge is 0.258 e. The first-order valence-electron chi connectivity index (χ1n) is 8.32. The topological polar surface area (TPSA) is 99.9 Å². The maximum absolute atomic E-state index is 12.4. The summed E-state index contributed by atoms with van der Waals surface area (Å²) in [5, 5.41) is 14.6. The number of carbonyl (C=O) groups is 1. The molecule has 7 heteroatoms. The van der Waals surface area contributed by atoms with Crippen molar-refractivity contribution >= 4 is 23.2 Å². The maximum atomic E-state index is 12.4. The fourth-order valence-electron chi connectivity index (χ4n) is 2.31. The number of benzene rings is 2. The fourth-order valence-corrected chi connectivity index (χ4v) is 2.31. The third-order valence-corrected chi connectivity index (χ3v) is 3.62. The van der Waals surface area contributed by atoms with Crippen LogP contribution in [-0.2, 0) is 0 Å². The van der Waals surface area contributed by atoms with E-state index in [-0.39, 0.29) is 5.91 Å². The highest BCUT2D eigenvalue weighted by Gasteiger charge is 2.11. The van der Waals surface area contributed by atoms with Gasteiger partial charge in [0.15, 0.2) is 0 Å². The largest absolute Gasteiger partial charge is 0.492 e. The Morgan fingerprint density at radius 3 is 2.48 bits per heavy atom. The van der Waals surface area contributed by atoms with Crippen LogP contribution >= 0.6 is 0 Å². The Kier molecular flexibility index (Phi) is 5.60. The van der Waals surface area contributed by atoms with Gasteiger partial charge in [-0.25, -0.2) is 9.97 Å². The summed E-state index contributed by atoms with van der Waals surface area (Å²) in [6.07, 6.45) is 2.88. The van der Waals surface area contributed by atoms with Crippen molar-refractivity contribution in [2.75, 3.05) is 17.2 Å². The lowest BCUT2D eigenvalue weighted by atomic mass is 10.2. The quantitative estimate of drug-likeness (QED) is 0.695. The van der Waals surface area contributed by atoms with Crippen LogP contribution in [0, 0.1) is 11.3 Å². The van der Waals surface area contributed by atoms with Crippen LogP contribution in [0.4, 0.5) is 17.3 Å². The number of ether oxygens (including phenoxy) is 1. The van der Waals surface area contributed by atoms with E-state index in [4.69, 9.17) is 10.00 Å². The average molecular weight is 359 g/mol. The van der Waals surface area contributed by atoms with Crippen LogP contribution < -0.4 is 15.4 Å². The van der Waals surface area contributed by atoms with Crippen LogP contribution in [0.1, 0.15) is 22.8 Å². The minimum atomic E-state index is -0.327. The number of nitriles is 1. The zero-order valence-corrected chi connectivity index (χ0v) is 14.6. The second-order valence-corrected chi connectivity index (χ2v) is 5.49. The van der Waals surface area contributed by atoms with E-state index in [1.807, 2.05) is 19.1 Å². The van der Waals surface area contributed by atoms with E-state index in [9.17, 15) is 4.79 Å². The predicted molar refractivity (Wildman–Crippen MR) is 102 cm³/mol. The van der Waals surface area contributed by atoms with Crippen LogP contribution in [0.25, 0.3) is 0 Å². The van der Waals surface area contributed by atoms with Crippen molar-refractivity contribution in [2.45, 2.75) is 6.92 Å². The molecule has 3 aromatic rings. The summed E-state index contributed by atoms with van der Waals surface area (Å²) < 4.78 is 5.50. The van der Waals surface area contributed by atoms with E-state index in [1.54, 1.807) is 36.4 Å². The molecule has 134 valence electrons. The first kappa shape index (κ1) is 17.9. The Bertz CT molecular complexity index is 963. The zero-order chi connectivity index (χ0) is 19.1. The fraction of sp³-hybridized carbons (Fsp3) is 0.100. The van der Waals surface area contributed by atoms with Gasteiger partial charge in [0.05, 0.1) is 29.5 Å². The number of para-hydroxylation sites is 2. The minimum absolute atomic E-state index is 0.326. The van der Waals surface area contributed by atoms with Crippen molar-refractivity contribution in [1.82, 2.24) is 9.97 Å². The van der Waals surface area contributed by atoms with Crippen LogP contribution in [-0.4, -0.2) is 22.5 Å². The molecule has 0 atom stereocenters. The molecule has 0 aliphatic carbocycles. The second kappa shape index (κ2) is 8.45. The summed E-state index contributed by atoms with van der Waals surface area (Å²) in [4.78, 5) is 20.7. The van der Waals surface area contributed by atoms with Crippen LogP contribution in [0.2, 0.25) is 0 Å². The van der Waals surface area contributed by atoms with Crippen molar-refractivity contribution in [3.8, 4) is 11.8 Å². The number of hydrogen-bond donors (Lipinski definition) is 2. The summed E-state index contributed by atoms with van der Waals surface area (Å²) in [6.45, 7) is 2.39. The monoisotopic (exact) mass is 359 g/mol. The Labute approximate surface area is 156 Å². The highest BCUT2D eigenvalue weighted by Crippen LogP contribution is 2.24. The minimum Gasteiger partial charge on any atom is -0.492 e. The molecule has 1 aromatic heterocycles. The van der Waals surface area contributed by atoms with E-state index in [0.717, 1.165) is 5.69 Å². The Balaban J connectivity index is 1.67. The third kappa shape index (κ3) is 4.58. The molecule has 2 aromatic carbocycles. The van der Waals surface area contributed by atoms with E-state index in [2.05, 4.69) is 26.7 Å². The number of hydrogen-bond acceptors (Lipinski definition) is 6. The van der Waals surface area contributed by atoms with Crippen LogP contribution in [0.15, 0.2) is 60.9 Å². The lowest BCUT2D eigenvalue weighted by molar-refractivity contribution is 0.102. The molecule has 0 saturated heterocycles. The van der Waals surface area contributed by atoms with Gasteiger partial charge in [0.1, 0.15) is 5.75 Å². The molecule has 1 heterocycles. The van der Waals surface area contributed by atoms with Gasteiger partial charge in [-0.1, -0.05) is 12.1 Å². The van der Waals surface area contributed by atoms with E-state index < -0.39 is 0 Å². The summed E-state index contributed by atoms with van der Waals surface area (Å²) in [7, 11) is 0. The van der Waals surface area contributed by atoms with Crippen molar-refractivity contribution < 1.29 is 9.53 Å². The number of nitrogens with zero attached hydrogens (tertiary/aromatic N) is 3. The molecular weight excluding hydrogens is 342 g/mol. The number of aromatic nitrogens is 2. The second-order valence-electron chi connectivity index (χ2n) is 5.49. The molecule has 0 bridgehead atoms. The lowest BCUT2D eigenvalue weighted by Gasteiger charge is -2.11. The number of rotatable bonds is 6. The molecule has 0 radical (unpaired) electrons. The first-order chi connectivity index (χ1) is 13.2. The van der Waals surface area contributed by atoms with Crippen molar-refractivity contribution in [3.63, 3.8) is 0 Å². The maximum Gasteiger partial charge on any atom is 0.258 e. The molecular formula is C20H17N5O2. The number of amides is 1. The zero-order valence-electron chi connectivity index (χ0n) is 14.6. The standard InChI is InChI=1S/C20H17N5O2/c1-2-27-18-6-4-3-5-17(18)25-19(26)15-12-22-20(23-13-15)24-16-9-7-14(11-21)8-10-16/h3-10,12-13H,2H2,1H3,(H,25,26)(H,22,23,24). The van der Waals surface area contributed by atoms with Crippen molar-refractivity contribution in [1.29, 1.82) is 5.26 Å². The molecule has 27 heavy (non-hydrogen) atoms. The molecule has 0 unspecified atom stereocenters.